The Labute approximate surface area is 191 Å². The number of carboxylic acids is 1. The molecule has 1 saturated carbocycles. The van der Waals surface area contributed by atoms with Crippen LogP contribution in [0.4, 0.5) is 0 Å². The van der Waals surface area contributed by atoms with Crippen LogP contribution in [0.3, 0.4) is 0 Å². The lowest BCUT2D eigenvalue weighted by Gasteiger charge is -2.29. The van der Waals surface area contributed by atoms with Gasteiger partial charge in [0.05, 0.1) is 17.8 Å². The third kappa shape index (κ3) is 6.86. The first-order valence-electron chi connectivity index (χ1n) is 10.8. The van der Waals surface area contributed by atoms with Gasteiger partial charge in [-0.2, -0.15) is 0 Å². The highest BCUT2D eigenvalue weighted by atomic mass is 35.5. The lowest BCUT2D eigenvalue weighted by Crippen LogP contribution is -2.18. The van der Waals surface area contributed by atoms with Gasteiger partial charge in [0, 0.05) is 19.0 Å². The van der Waals surface area contributed by atoms with Crippen LogP contribution in [-0.4, -0.2) is 30.9 Å². The number of ether oxygens (including phenoxy) is 1. The summed E-state index contributed by atoms with van der Waals surface area (Å²) in [7, 11) is 3.17. The summed E-state index contributed by atoms with van der Waals surface area (Å²) in [5.74, 6) is 2.14. The quantitative estimate of drug-likeness (QED) is 0.485. The lowest BCUT2D eigenvalue weighted by molar-refractivity contribution is 0.0694. The molecule has 1 aliphatic carbocycles. The van der Waals surface area contributed by atoms with Crippen LogP contribution >= 0.6 is 11.6 Å². The molecule has 31 heavy (non-hydrogen) atoms. The molecule has 1 aliphatic rings. The van der Waals surface area contributed by atoms with Crippen molar-refractivity contribution >= 4 is 23.3 Å². The molecule has 0 bridgehead atoms. The molecule has 3 atom stereocenters. The van der Waals surface area contributed by atoms with Gasteiger partial charge < -0.3 is 14.3 Å². The number of carbonyl (C=O) groups is 1. The second-order valence-electron chi connectivity index (χ2n) is 7.65. The molecule has 1 N–H and O–H groups in total. The van der Waals surface area contributed by atoms with Crippen LogP contribution in [0, 0.1) is 11.8 Å². The van der Waals surface area contributed by atoms with E-state index in [1.807, 2.05) is 26.8 Å². The minimum atomic E-state index is -1.04. The van der Waals surface area contributed by atoms with Gasteiger partial charge >= 0.3 is 5.97 Å². The van der Waals surface area contributed by atoms with Gasteiger partial charge in [-0.3, -0.25) is 4.99 Å². The first kappa shape index (κ1) is 26.8. The minimum Gasteiger partial charge on any atom is -0.495 e. The van der Waals surface area contributed by atoms with Crippen molar-refractivity contribution in [2.75, 3.05) is 14.2 Å². The molecule has 0 radical (unpaired) electrons. The van der Waals surface area contributed by atoms with Crippen molar-refractivity contribution in [2.24, 2.45) is 16.8 Å². The molecule has 1 aromatic heterocycles. The van der Waals surface area contributed by atoms with Gasteiger partial charge in [0.25, 0.3) is 0 Å². The number of rotatable bonds is 5. The van der Waals surface area contributed by atoms with Crippen molar-refractivity contribution in [3.05, 3.63) is 51.9 Å². The molecule has 0 saturated heterocycles. The number of hydrogen-bond donors (Lipinski definition) is 1. The maximum absolute atomic E-state index is 11.5. The Bertz CT molecular complexity index is 880. The predicted molar refractivity (Wildman–Crippen MR) is 128 cm³/mol. The van der Waals surface area contributed by atoms with Crippen molar-refractivity contribution in [3.8, 4) is 5.75 Å². The lowest BCUT2D eigenvalue weighted by atomic mass is 9.77. The van der Waals surface area contributed by atoms with Gasteiger partial charge in [0.1, 0.15) is 22.8 Å². The first-order chi connectivity index (χ1) is 14.7. The standard InChI is InChI=1S/C17H18ClNO4.C6H12.C2H6/c1-9(11-5-6-14(22-4)13(18)7-11)16-12(17(20)21)8-15(23-16)10(2)19-3;1-5-3-4-6(5)2;1-2/h5-9H,1-4H3,(H,20,21);5-6H,3-4H2,1-2H3;1-2H3. The van der Waals surface area contributed by atoms with E-state index in [1.54, 1.807) is 33.2 Å². The Morgan fingerprint density at radius 2 is 1.81 bits per heavy atom. The van der Waals surface area contributed by atoms with E-state index in [-0.39, 0.29) is 11.5 Å². The van der Waals surface area contributed by atoms with Crippen LogP contribution < -0.4 is 4.74 Å². The molecule has 1 fully saturated rings. The van der Waals surface area contributed by atoms with Gasteiger partial charge in [-0.15, -0.1) is 0 Å². The summed E-state index contributed by atoms with van der Waals surface area (Å²) in [5, 5.41) is 9.88. The molecule has 0 amide bonds. The summed E-state index contributed by atoms with van der Waals surface area (Å²) in [6.07, 6.45) is 2.95. The molecule has 1 aromatic carbocycles. The highest BCUT2D eigenvalue weighted by molar-refractivity contribution is 6.32. The molecular formula is C25H36ClNO4. The number of carboxylic acid groups (broad SMARTS) is 1. The SMILES string of the molecule is CC.CC1CCC1C.CN=C(C)c1cc(C(=O)O)c(C(C)c2ccc(OC)c(Cl)c2)o1. The van der Waals surface area contributed by atoms with Gasteiger partial charge in [-0.1, -0.05) is 65.1 Å². The number of hydrogen-bond acceptors (Lipinski definition) is 4. The molecule has 2 aromatic rings. The van der Waals surface area contributed by atoms with Gasteiger partial charge in [0.2, 0.25) is 0 Å². The Hall–Kier alpha value is -2.27. The highest BCUT2D eigenvalue weighted by Gasteiger charge is 2.24. The Morgan fingerprint density at radius 1 is 1.23 bits per heavy atom. The molecule has 6 heteroatoms. The first-order valence-corrected chi connectivity index (χ1v) is 11.2. The number of aliphatic imine (C=N–C) groups is 1. The maximum atomic E-state index is 11.5. The fraction of sp³-hybridized carbons (Fsp3) is 0.520. The van der Waals surface area contributed by atoms with Gasteiger partial charge in [-0.25, -0.2) is 4.79 Å². The summed E-state index contributed by atoms with van der Waals surface area (Å²) >= 11 is 6.15. The molecule has 172 valence electrons. The van der Waals surface area contributed by atoms with Crippen LogP contribution in [0.15, 0.2) is 33.7 Å². The Kier molecular flexibility index (Phi) is 10.8. The zero-order valence-corrected chi connectivity index (χ0v) is 20.7. The average Bonchev–Trinajstić information content (AvgIpc) is 3.24. The summed E-state index contributed by atoms with van der Waals surface area (Å²) in [4.78, 5) is 15.5. The van der Waals surface area contributed by atoms with E-state index in [0.29, 0.717) is 28.0 Å². The van der Waals surface area contributed by atoms with E-state index < -0.39 is 5.97 Å². The number of benzene rings is 1. The largest absolute Gasteiger partial charge is 0.495 e. The van der Waals surface area contributed by atoms with Crippen molar-refractivity contribution in [2.45, 2.75) is 60.3 Å². The monoisotopic (exact) mass is 449 g/mol. The molecule has 1 heterocycles. The maximum Gasteiger partial charge on any atom is 0.339 e. The van der Waals surface area contributed by atoms with E-state index >= 15 is 0 Å². The van der Waals surface area contributed by atoms with Crippen molar-refractivity contribution in [1.82, 2.24) is 0 Å². The number of aromatic carboxylic acids is 1. The van der Waals surface area contributed by atoms with E-state index in [2.05, 4.69) is 18.8 Å². The normalized spacial score (nSPS) is 18.5. The van der Waals surface area contributed by atoms with Gasteiger partial charge in [-0.05, 0) is 36.5 Å². The second-order valence-corrected chi connectivity index (χ2v) is 8.06. The van der Waals surface area contributed by atoms with E-state index in [4.69, 9.17) is 20.8 Å². The van der Waals surface area contributed by atoms with E-state index in [0.717, 1.165) is 17.4 Å². The van der Waals surface area contributed by atoms with Crippen LogP contribution in [-0.2, 0) is 0 Å². The van der Waals surface area contributed by atoms with Crippen LogP contribution in [0.2, 0.25) is 5.02 Å². The summed E-state index contributed by atoms with van der Waals surface area (Å²) < 4.78 is 10.9. The number of halogens is 1. The average molecular weight is 450 g/mol. The topological polar surface area (TPSA) is 72.0 Å². The summed E-state index contributed by atoms with van der Waals surface area (Å²) in [6, 6.07) is 6.84. The Balaban J connectivity index is 0.000000508. The van der Waals surface area contributed by atoms with Gasteiger partial charge in [0.15, 0.2) is 0 Å². The fourth-order valence-corrected chi connectivity index (χ4v) is 3.39. The summed E-state index contributed by atoms with van der Waals surface area (Å²) in [6.45, 7) is 12.3. The molecule has 3 unspecified atom stereocenters. The zero-order valence-electron chi connectivity index (χ0n) is 20.0. The summed E-state index contributed by atoms with van der Waals surface area (Å²) in [5.41, 5.74) is 1.60. The molecule has 5 nitrogen and oxygen atoms in total. The highest BCUT2D eigenvalue weighted by Crippen LogP contribution is 2.34. The number of furan rings is 1. The number of methoxy groups -OCH3 is 1. The van der Waals surface area contributed by atoms with E-state index in [9.17, 15) is 9.90 Å². The van der Waals surface area contributed by atoms with E-state index in [1.165, 1.54) is 18.9 Å². The van der Waals surface area contributed by atoms with Crippen LogP contribution in [0.1, 0.15) is 87.7 Å². The molecular weight excluding hydrogens is 414 g/mol. The third-order valence-electron chi connectivity index (χ3n) is 5.80. The van der Waals surface area contributed by atoms with Crippen molar-refractivity contribution in [3.63, 3.8) is 0 Å². The second kappa shape index (κ2) is 12.6. The van der Waals surface area contributed by atoms with Crippen LogP contribution in [0.25, 0.3) is 0 Å². The van der Waals surface area contributed by atoms with Crippen LogP contribution in [0.5, 0.6) is 5.75 Å². The number of nitrogens with zero attached hydrogens (tertiary/aromatic N) is 1. The van der Waals surface area contributed by atoms with Crippen molar-refractivity contribution in [1.29, 1.82) is 0 Å². The third-order valence-corrected chi connectivity index (χ3v) is 6.10. The fourth-order valence-electron chi connectivity index (χ4n) is 3.12. The van der Waals surface area contributed by atoms with Crippen molar-refractivity contribution < 1.29 is 19.1 Å². The molecule has 0 aliphatic heterocycles. The Morgan fingerprint density at radius 3 is 2.19 bits per heavy atom. The minimum absolute atomic E-state index is 0.127. The predicted octanol–water partition coefficient (Wildman–Crippen LogP) is 7.31. The zero-order chi connectivity index (χ0) is 23.7. The smallest absolute Gasteiger partial charge is 0.339 e. The molecule has 0 spiro atoms. The molecule has 3 rings (SSSR count).